The molecule has 0 aromatic heterocycles. The maximum Gasteiger partial charge on any atom is 0.317 e. The smallest absolute Gasteiger partial charge is 0.317 e. The van der Waals surface area contributed by atoms with E-state index in [1.54, 1.807) is 0 Å². The van der Waals surface area contributed by atoms with E-state index in [1.807, 2.05) is 0 Å². The zero-order valence-corrected chi connectivity index (χ0v) is 8.25. The molecule has 1 saturated carbocycles. The van der Waals surface area contributed by atoms with Crippen LogP contribution in [0.4, 0.5) is 0 Å². The largest absolute Gasteiger partial charge is 0.480 e. The van der Waals surface area contributed by atoms with E-state index >= 15 is 0 Å². The highest BCUT2D eigenvalue weighted by atomic mass is 16.4. The zero-order chi connectivity index (χ0) is 9.68. The SMILES string of the molecule is CC(NCC(=O)O)C1CCCCC1. The predicted molar refractivity (Wildman–Crippen MR) is 51.7 cm³/mol. The topological polar surface area (TPSA) is 49.3 Å². The van der Waals surface area contributed by atoms with Gasteiger partial charge in [-0.05, 0) is 25.7 Å². The summed E-state index contributed by atoms with van der Waals surface area (Å²) in [6.45, 7) is 2.19. The van der Waals surface area contributed by atoms with E-state index in [4.69, 9.17) is 5.11 Å². The van der Waals surface area contributed by atoms with Gasteiger partial charge in [0.25, 0.3) is 0 Å². The van der Waals surface area contributed by atoms with E-state index < -0.39 is 5.97 Å². The molecule has 0 aliphatic heterocycles. The molecular weight excluding hydrogens is 166 g/mol. The summed E-state index contributed by atoms with van der Waals surface area (Å²) in [5.41, 5.74) is 0. The van der Waals surface area contributed by atoms with Gasteiger partial charge in [-0.15, -0.1) is 0 Å². The summed E-state index contributed by atoms with van der Waals surface area (Å²) in [6.07, 6.45) is 6.48. The van der Waals surface area contributed by atoms with Gasteiger partial charge in [-0.1, -0.05) is 19.3 Å². The van der Waals surface area contributed by atoms with Crippen molar-refractivity contribution in [2.24, 2.45) is 5.92 Å². The summed E-state index contributed by atoms with van der Waals surface area (Å²) in [5, 5.41) is 11.6. The minimum atomic E-state index is -0.761. The fourth-order valence-electron chi connectivity index (χ4n) is 2.05. The van der Waals surface area contributed by atoms with Crippen LogP contribution in [0, 0.1) is 5.92 Å². The normalized spacial score (nSPS) is 21.3. The third kappa shape index (κ3) is 3.77. The minimum Gasteiger partial charge on any atom is -0.480 e. The molecule has 1 fully saturated rings. The van der Waals surface area contributed by atoms with Gasteiger partial charge in [0.15, 0.2) is 0 Å². The summed E-state index contributed by atoms with van der Waals surface area (Å²) in [7, 11) is 0. The van der Waals surface area contributed by atoms with Crippen LogP contribution in [0.5, 0.6) is 0 Å². The Morgan fingerprint density at radius 2 is 2.08 bits per heavy atom. The van der Waals surface area contributed by atoms with Crippen molar-refractivity contribution in [1.82, 2.24) is 5.32 Å². The fraction of sp³-hybridized carbons (Fsp3) is 0.900. The van der Waals surface area contributed by atoms with E-state index in [0.717, 1.165) is 0 Å². The summed E-state index contributed by atoms with van der Waals surface area (Å²) < 4.78 is 0. The number of rotatable bonds is 4. The highest BCUT2D eigenvalue weighted by molar-refractivity contribution is 5.69. The highest BCUT2D eigenvalue weighted by Gasteiger charge is 2.19. The summed E-state index contributed by atoms with van der Waals surface area (Å²) in [6, 6.07) is 0.358. The van der Waals surface area contributed by atoms with Crippen LogP contribution in [0.25, 0.3) is 0 Å². The molecule has 1 rings (SSSR count). The minimum absolute atomic E-state index is 0.0949. The molecule has 0 saturated heterocycles. The van der Waals surface area contributed by atoms with E-state index in [2.05, 4.69) is 12.2 Å². The Bertz CT molecular complexity index is 164. The Labute approximate surface area is 79.5 Å². The maximum absolute atomic E-state index is 10.3. The Hall–Kier alpha value is -0.570. The molecular formula is C10H19NO2. The lowest BCUT2D eigenvalue weighted by atomic mass is 9.84. The Morgan fingerprint density at radius 1 is 1.46 bits per heavy atom. The predicted octanol–water partition coefficient (Wildman–Crippen LogP) is 1.63. The first-order valence-corrected chi connectivity index (χ1v) is 5.15. The lowest BCUT2D eigenvalue weighted by Crippen LogP contribution is -2.37. The molecule has 1 aliphatic carbocycles. The maximum atomic E-state index is 10.3. The van der Waals surface area contributed by atoms with Crippen LogP contribution in [0.2, 0.25) is 0 Å². The first-order chi connectivity index (χ1) is 6.20. The molecule has 1 atom stereocenters. The molecule has 0 amide bonds. The molecule has 76 valence electrons. The Kier molecular flexibility index (Phi) is 4.22. The Morgan fingerprint density at radius 3 is 2.62 bits per heavy atom. The first-order valence-electron chi connectivity index (χ1n) is 5.15. The first kappa shape index (κ1) is 10.5. The monoisotopic (exact) mass is 185 g/mol. The van der Waals surface area contributed by atoms with Gasteiger partial charge in [-0.3, -0.25) is 4.79 Å². The molecule has 0 heterocycles. The van der Waals surface area contributed by atoms with Gasteiger partial charge in [0, 0.05) is 6.04 Å². The highest BCUT2D eigenvalue weighted by Crippen LogP contribution is 2.26. The fourth-order valence-corrected chi connectivity index (χ4v) is 2.05. The second kappa shape index (κ2) is 5.22. The van der Waals surface area contributed by atoms with Gasteiger partial charge in [0.1, 0.15) is 0 Å². The second-order valence-corrected chi connectivity index (χ2v) is 3.96. The van der Waals surface area contributed by atoms with Crippen LogP contribution >= 0.6 is 0 Å². The van der Waals surface area contributed by atoms with E-state index in [-0.39, 0.29) is 6.54 Å². The average molecular weight is 185 g/mol. The number of hydrogen-bond acceptors (Lipinski definition) is 2. The van der Waals surface area contributed by atoms with Crippen molar-refractivity contribution in [3.8, 4) is 0 Å². The molecule has 1 unspecified atom stereocenters. The standard InChI is InChI=1S/C10H19NO2/c1-8(11-7-10(12)13)9-5-3-2-4-6-9/h8-9,11H,2-7H2,1H3,(H,12,13). The van der Waals surface area contributed by atoms with Gasteiger partial charge >= 0.3 is 5.97 Å². The molecule has 0 bridgehead atoms. The van der Waals surface area contributed by atoms with Crippen molar-refractivity contribution in [2.45, 2.75) is 45.1 Å². The third-order valence-corrected chi connectivity index (χ3v) is 2.93. The molecule has 3 heteroatoms. The lowest BCUT2D eigenvalue weighted by molar-refractivity contribution is -0.136. The lowest BCUT2D eigenvalue weighted by Gasteiger charge is -2.27. The van der Waals surface area contributed by atoms with Gasteiger partial charge in [-0.2, -0.15) is 0 Å². The van der Waals surface area contributed by atoms with Crippen molar-refractivity contribution in [2.75, 3.05) is 6.54 Å². The molecule has 0 aromatic rings. The van der Waals surface area contributed by atoms with Crippen molar-refractivity contribution < 1.29 is 9.90 Å². The van der Waals surface area contributed by atoms with Crippen molar-refractivity contribution in [3.05, 3.63) is 0 Å². The Balaban J connectivity index is 2.20. The van der Waals surface area contributed by atoms with E-state index in [0.29, 0.717) is 12.0 Å². The van der Waals surface area contributed by atoms with Gasteiger partial charge in [-0.25, -0.2) is 0 Å². The quantitative estimate of drug-likeness (QED) is 0.700. The number of carboxylic acid groups (broad SMARTS) is 1. The molecule has 0 aromatic carbocycles. The molecule has 1 aliphatic rings. The van der Waals surface area contributed by atoms with Gasteiger partial charge in [0.2, 0.25) is 0 Å². The van der Waals surface area contributed by atoms with Crippen molar-refractivity contribution in [1.29, 1.82) is 0 Å². The van der Waals surface area contributed by atoms with Crippen LogP contribution in [0.3, 0.4) is 0 Å². The molecule has 2 N–H and O–H groups in total. The summed E-state index contributed by atoms with van der Waals surface area (Å²) >= 11 is 0. The van der Waals surface area contributed by atoms with Crippen molar-refractivity contribution >= 4 is 5.97 Å². The van der Waals surface area contributed by atoms with Crippen LogP contribution in [0.15, 0.2) is 0 Å². The second-order valence-electron chi connectivity index (χ2n) is 3.96. The van der Waals surface area contributed by atoms with E-state index in [1.165, 1.54) is 32.1 Å². The van der Waals surface area contributed by atoms with Crippen LogP contribution in [-0.4, -0.2) is 23.7 Å². The van der Waals surface area contributed by atoms with Crippen LogP contribution < -0.4 is 5.32 Å². The van der Waals surface area contributed by atoms with Crippen molar-refractivity contribution in [3.63, 3.8) is 0 Å². The number of aliphatic carboxylic acids is 1. The molecule has 3 nitrogen and oxygen atoms in total. The van der Waals surface area contributed by atoms with Gasteiger partial charge in [0.05, 0.1) is 6.54 Å². The van der Waals surface area contributed by atoms with Crippen LogP contribution in [0.1, 0.15) is 39.0 Å². The molecule has 13 heavy (non-hydrogen) atoms. The average Bonchev–Trinajstić information content (AvgIpc) is 2.15. The number of carbonyl (C=O) groups is 1. The molecule has 0 radical (unpaired) electrons. The number of hydrogen-bond donors (Lipinski definition) is 2. The molecule has 0 spiro atoms. The zero-order valence-electron chi connectivity index (χ0n) is 8.25. The van der Waals surface area contributed by atoms with Gasteiger partial charge < -0.3 is 10.4 Å². The summed E-state index contributed by atoms with van der Waals surface area (Å²) in [5.74, 6) is -0.0734. The number of carboxylic acids is 1. The summed E-state index contributed by atoms with van der Waals surface area (Å²) in [4.78, 5) is 10.3. The third-order valence-electron chi connectivity index (χ3n) is 2.93. The van der Waals surface area contributed by atoms with Crippen LogP contribution in [-0.2, 0) is 4.79 Å². The van der Waals surface area contributed by atoms with E-state index in [9.17, 15) is 4.79 Å². The number of nitrogens with one attached hydrogen (secondary N) is 1.